The maximum atomic E-state index is 12.4. The molecule has 2 amide bonds. The molecular formula is C20H25N3O2S. The number of carbonyl (C=O) groups is 2. The molecule has 1 aliphatic rings. The number of rotatable bonds is 6. The summed E-state index contributed by atoms with van der Waals surface area (Å²) in [6, 6.07) is 11.1. The van der Waals surface area contributed by atoms with Crippen molar-refractivity contribution in [2.45, 2.75) is 26.3 Å². The quantitative estimate of drug-likeness (QED) is 0.731. The molecule has 0 atom stereocenters. The fourth-order valence-electron chi connectivity index (χ4n) is 3.05. The molecule has 1 fully saturated rings. The van der Waals surface area contributed by atoms with Gasteiger partial charge in [0.2, 0.25) is 0 Å². The van der Waals surface area contributed by atoms with Gasteiger partial charge in [0.15, 0.2) is 0 Å². The average molecular weight is 372 g/mol. The van der Waals surface area contributed by atoms with Gasteiger partial charge in [0.05, 0.1) is 4.88 Å². The number of hydrogen-bond acceptors (Lipinski definition) is 4. The molecule has 26 heavy (non-hydrogen) atoms. The fourth-order valence-corrected chi connectivity index (χ4v) is 3.69. The van der Waals surface area contributed by atoms with Gasteiger partial charge in [-0.05, 0) is 60.5 Å². The zero-order valence-corrected chi connectivity index (χ0v) is 15.8. The van der Waals surface area contributed by atoms with Gasteiger partial charge in [-0.2, -0.15) is 0 Å². The third-order valence-corrected chi connectivity index (χ3v) is 5.77. The lowest BCUT2D eigenvalue weighted by Gasteiger charge is -2.34. The Kier molecular flexibility index (Phi) is 6.06. The molecule has 0 spiro atoms. The summed E-state index contributed by atoms with van der Waals surface area (Å²) in [5.74, 6) is -0.115. The van der Waals surface area contributed by atoms with Crippen molar-refractivity contribution in [2.75, 3.05) is 19.6 Å². The van der Waals surface area contributed by atoms with Crippen LogP contribution in [-0.2, 0) is 6.54 Å². The third kappa shape index (κ3) is 4.93. The van der Waals surface area contributed by atoms with E-state index in [-0.39, 0.29) is 17.2 Å². The lowest BCUT2D eigenvalue weighted by molar-refractivity contribution is 0.0920. The monoisotopic (exact) mass is 371 g/mol. The molecule has 0 aliphatic carbocycles. The van der Waals surface area contributed by atoms with Crippen LogP contribution in [0.1, 0.15) is 45.4 Å². The maximum absolute atomic E-state index is 12.4. The van der Waals surface area contributed by atoms with Crippen LogP contribution in [0.25, 0.3) is 0 Å². The molecule has 3 rings (SSSR count). The number of benzene rings is 1. The van der Waals surface area contributed by atoms with Gasteiger partial charge < -0.3 is 16.0 Å². The van der Waals surface area contributed by atoms with E-state index in [0.717, 1.165) is 31.5 Å². The van der Waals surface area contributed by atoms with E-state index in [1.807, 2.05) is 35.7 Å². The average Bonchev–Trinajstić information content (AvgIpc) is 3.20. The lowest BCUT2D eigenvalue weighted by atomic mass is 9.81. The van der Waals surface area contributed by atoms with E-state index in [9.17, 15) is 9.59 Å². The Bertz CT molecular complexity index is 735. The minimum Gasteiger partial charge on any atom is -0.351 e. The molecule has 1 aliphatic heterocycles. The second kappa shape index (κ2) is 8.47. The summed E-state index contributed by atoms with van der Waals surface area (Å²) in [4.78, 5) is 25.0. The molecular weight excluding hydrogens is 346 g/mol. The summed E-state index contributed by atoms with van der Waals surface area (Å²) in [5.41, 5.74) is 1.79. The Balaban J connectivity index is 1.48. The van der Waals surface area contributed by atoms with Crippen LogP contribution < -0.4 is 16.0 Å². The minimum absolute atomic E-state index is 0.0427. The molecule has 0 bridgehead atoms. The van der Waals surface area contributed by atoms with Crippen LogP contribution in [-0.4, -0.2) is 31.4 Å². The van der Waals surface area contributed by atoms with Crippen molar-refractivity contribution in [1.29, 1.82) is 0 Å². The molecule has 5 nitrogen and oxygen atoms in total. The molecule has 0 saturated carbocycles. The third-order valence-electron chi connectivity index (χ3n) is 4.90. The molecule has 3 N–H and O–H groups in total. The summed E-state index contributed by atoms with van der Waals surface area (Å²) in [5, 5.41) is 11.2. The van der Waals surface area contributed by atoms with Crippen LogP contribution in [0.4, 0.5) is 0 Å². The highest BCUT2D eigenvalue weighted by atomic mass is 32.1. The molecule has 1 aromatic heterocycles. The number of hydrogen-bond donors (Lipinski definition) is 3. The first-order valence-corrected chi connectivity index (χ1v) is 9.83. The highest BCUT2D eigenvalue weighted by Crippen LogP contribution is 2.26. The maximum Gasteiger partial charge on any atom is 0.261 e. The van der Waals surface area contributed by atoms with Gasteiger partial charge in [-0.15, -0.1) is 11.3 Å². The summed E-state index contributed by atoms with van der Waals surface area (Å²) in [7, 11) is 0. The first-order valence-electron chi connectivity index (χ1n) is 8.95. The van der Waals surface area contributed by atoms with Gasteiger partial charge in [-0.3, -0.25) is 9.59 Å². The summed E-state index contributed by atoms with van der Waals surface area (Å²) in [6.45, 7) is 5.40. The second-order valence-corrected chi connectivity index (χ2v) is 8.05. The minimum atomic E-state index is -0.0722. The van der Waals surface area contributed by atoms with Gasteiger partial charge in [0, 0.05) is 18.7 Å². The zero-order valence-electron chi connectivity index (χ0n) is 15.0. The van der Waals surface area contributed by atoms with Crippen molar-refractivity contribution in [3.63, 3.8) is 0 Å². The van der Waals surface area contributed by atoms with Crippen LogP contribution >= 0.6 is 11.3 Å². The van der Waals surface area contributed by atoms with Crippen molar-refractivity contribution in [3.05, 3.63) is 57.8 Å². The van der Waals surface area contributed by atoms with Crippen molar-refractivity contribution < 1.29 is 9.59 Å². The number of thiophene rings is 1. The van der Waals surface area contributed by atoms with Gasteiger partial charge in [0.1, 0.15) is 0 Å². The van der Waals surface area contributed by atoms with E-state index in [1.54, 1.807) is 6.07 Å². The highest BCUT2D eigenvalue weighted by Gasteiger charge is 2.27. The van der Waals surface area contributed by atoms with Gasteiger partial charge in [-0.25, -0.2) is 0 Å². The normalized spacial score (nSPS) is 16.0. The standard InChI is InChI=1S/C20H25N3O2S/c1-20(8-10-21-11-9-20)14-23-18(24)16-6-4-15(5-7-16)13-22-19(25)17-3-2-12-26-17/h2-7,12,21H,8-11,13-14H2,1H3,(H,22,25)(H,23,24). The predicted molar refractivity (Wildman–Crippen MR) is 104 cm³/mol. The second-order valence-electron chi connectivity index (χ2n) is 7.10. The molecule has 0 unspecified atom stereocenters. The van der Waals surface area contributed by atoms with Crippen molar-refractivity contribution >= 4 is 23.2 Å². The molecule has 2 aromatic rings. The summed E-state index contributed by atoms with van der Waals surface area (Å²) < 4.78 is 0. The van der Waals surface area contributed by atoms with Crippen molar-refractivity contribution in [1.82, 2.24) is 16.0 Å². The summed E-state index contributed by atoms with van der Waals surface area (Å²) in [6.07, 6.45) is 2.16. The molecule has 0 radical (unpaired) electrons. The van der Waals surface area contributed by atoms with E-state index in [4.69, 9.17) is 0 Å². The van der Waals surface area contributed by atoms with Crippen molar-refractivity contribution in [2.24, 2.45) is 5.41 Å². The van der Waals surface area contributed by atoms with E-state index in [1.165, 1.54) is 11.3 Å². The first-order chi connectivity index (χ1) is 12.6. The number of carbonyl (C=O) groups excluding carboxylic acids is 2. The van der Waals surface area contributed by atoms with Crippen LogP contribution in [0.3, 0.4) is 0 Å². The lowest BCUT2D eigenvalue weighted by Crippen LogP contribution is -2.42. The molecule has 138 valence electrons. The highest BCUT2D eigenvalue weighted by molar-refractivity contribution is 7.12. The number of nitrogens with one attached hydrogen (secondary N) is 3. The number of amides is 2. The molecule has 1 aromatic carbocycles. The Hall–Kier alpha value is -2.18. The molecule has 2 heterocycles. The SMILES string of the molecule is CC1(CNC(=O)c2ccc(CNC(=O)c3cccs3)cc2)CCNCC1. The first kappa shape index (κ1) is 18.6. The van der Waals surface area contributed by atoms with Gasteiger partial charge in [-0.1, -0.05) is 25.1 Å². The summed E-state index contributed by atoms with van der Waals surface area (Å²) >= 11 is 1.42. The molecule has 1 saturated heterocycles. The Morgan fingerprint density at radius 3 is 2.46 bits per heavy atom. The zero-order chi connectivity index (χ0) is 18.4. The van der Waals surface area contributed by atoms with E-state index in [2.05, 4.69) is 22.9 Å². The van der Waals surface area contributed by atoms with Crippen molar-refractivity contribution in [3.8, 4) is 0 Å². The van der Waals surface area contributed by atoms with E-state index < -0.39 is 0 Å². The number of piperidine rings is 1. The Morgan fingerprint density at radius 1 is 1.08 bits per heavy atom. The Labute approximate surface area is 158 Å². The van der Waals surface area contributed by atoms with E-state index in [0.29, 0.717) is 23.5 Å². The van der Waals surface area contributed by atoms with Crippen LogP contribution in [0.2, 0.25) is 0 Å². The van der Waals surface area contributed by atoms with Gasteiger partial charge in [0.25, 0.3) is 11.8 Å². The van der Waals surface area contributed by atoms with Crippen LogP contribution in [0.5, 0.6) is 0 Å². The van der Waals surface area contributed by atoms with Crippen LogP contribution in [0.15, 0.2) is 41.8 Å². The Morgan fingerprint density at radius 2 is 1.81 bits per heavy atom. The van der Waals surface area contributed by atoms with Gasteiger partial charge >= 0.3 is 0 Å². The predicted octanol–water partition coefficient (Wildman–Crippen LogP) is 2.80. The smallest absolute Gasteiger partial charge is 0.261 e. The van der Waals surface area contributed by atoms with Crippen LogP contribution in [0, 0.1) is 5.41 Å². The fraction of sp³-hybridized carbons (Fsp3) is 0.400. The topological polar surface area (TPSA) is 70.2 Å². The van der Waals surface area contributed by atoms with E-state index >= 15 is 0 Å². The largest absolute Gasteiger partial charge is 0.351 e. The molecule has 6 heteroatoms.